The molecule has 11 heteroatoms. The van der Waals surface area contributed by atoms with Gasteiger partial charge in [-0.2, -0.15) is 13.2 Å². The number of nitrogens with two attached hydrogens (primary N) is 1. The number of alkyl halides is 3. The van der Waals surface area contributed by atoms with Crippen LogP contribution in [0.5, 0.6) is 0 Å². The monoisotopic (exact) mass is 528 g/mol. The van der Waals surface area contributed by atoms with Gasteiger partial charge < -0.3 is 21.3 Å². The van der Waals surface area contributed by atoms with E-state index in [4.69, 9.17) is 5.73 Å². The number of carbonyl (C=O) groups excluding carboxylic acids is 2. The van der Waals surface area contributed by atoms with Crippen LogP contribution in [-0.4, -0.2) is 53.9 Å². The number of amides is 2. The number of benzene rings is 2. The highest BCUT2D eigenvalue weighted by atomic mass is 19.4. The molecule has 0 saturated carbocycles. The minimum absolute atomic E-state index is 0. The summed E-state index contributed by atoms with van der Waals surface area (Å²) in [6.45, 7) is 3.98. The van der Waals surface area contributed by atoms with E-state index in [9.17, 15) is 22.8 Å². The molecule has 38 heavy (non-hydrogen) atoms. The molecule has 2 aromatic carbocycles. The van der Waals surface area contributed by atoms with Crippen LogP contribution in [0.1, 0.15) is 30.3 Å². The Labute approximate surface area is 219 Å². The number of rotatable bonds is 6. The van der Waals surface area contributed by atoms with Gasteiger partial charge in [0.05, 0.1) is 23.0 Å². The van der Waals surface area contributed by atoms with Gasteiger partial charge in [0.2, 0.25) is 5.91 Å². The van der Waals surface area contributed by atoms with Crippen LogP contribution in [-0.2, 0) is 11.0 Å². The molecule has 1 unspecified atom stereocenters. The van der Waals surface area contributed by atoms with E-state index in [1.54, 1.807) is 55.5 Å². The maximum Gasteiger partial charge on any atom is 0.417 e. The van der Waals surface area contributed by atoms with Gasteiger partial charge in [-0.3, -0.25) is 14.5 Å². The van der Waals surface area contributed by atoms with Crippen LogP contribution in [0.25, 0.3) is 0 Å². The summed E-state index contributed by atoms with van der Waals surface area (Å²) in [6.07, 6.45) is -3.58. The number of aromatic nitrogens is 1. The smallest absolute Gasteiger partial charge is 0.397 e. The summed E-state index contributed by atoms with van der Waals surface area (Å²) < 4.78 is 38.3. The number of piperazine rings is 1. The molecule has 2 amide bonds. The molecule has 0 aliphatic carbocycles. The van der Waals surface area contributed by atoms with E-state index in [2.05, 4.69) is 15.6 Å². The first kappa shape index (κ1) is 28.5. The van der Waals surface area contributed by atoms with E-state index in [1.807, 2.05) is 9.80 Å². The number of para-hydroxylation sites is 2. The summed E-state index contributed by atoms with van der Waals surface area (Å²) >= 11 is 0. The van der Waals surface area contributed by atoms with Gasteiger partial charge in [0.1, 0.15) is 5.82 Å². The number of nitrogens with one attached hydrogen (secondary N) is 2. The van der Waals surface area contributed by atoms with Crippen molar-refractivity contribution >= 4 is 34.7 Å². The summed E-state index contributed by atoms with van der Waals surface area (Å²) in [4.78, 5) is 33.1. The number of pyridine rings is 1. The predicted octanol–water partition coefficient (Wildman–Crippen LogP) is 4.72. The minimum atomic E-state index is -4.42. The second kappa shape index (κ2) is 12.0. The van der Waals surface area contributed by atoms with Crippen LogP contribution < -0.4 is 21.3 Å². The predicted molar refractivity (Wildman–Crippen MR) is 143 cm³/mol. The van der Waals surface area contributed by atoms with E-state index in [-0.39, 0.29) is 19.2 Å². The van der Waals surface area contributed by atoms with E-state index < -0.39 is 17.8 Å². The second-order valence-corrected chi connectivity index (χ2v) is 8.71. The van der Waals surface area contributed by atoms with Gasteiger partial charge in [-0.25, -0.2) is 4.98 Å². The number of carbonyl (C=O) groups is 2. The van der Waals surface area contributed by atoms with E-state index in [1.165, 1.54) is 6.07 Å². The van der Waals surface area contributed by atoms with Gasteiger partial charge in [0, 0.05) is 43.6 Å². The van der Waals surface area contributed by atoms with Crippen molar-refractivity contribution in [1.82, 2.24) is 9.88 Å². The molecular formula is C27H31F3N6O2. The number of hydrogen-bond acceptors (Lipinski definition) is 6. The topological polar surface area (TPSA) is 104 Å². The van der Waals surface area contributed by atoms with Crippen molar-refractivity contribution in [2.75, 3.05) is 47.4 Å². The van der Waals surface area contributed by atoms with Crippen molar-refractivity contribution in [3.05, 3.63) is 78.0 Å². The maximum absolute atomic E-state index is 12.8. The summed E-state index contributed by atoms with van der Waals surface area (Å²) in [7, 11) is 0. The zero-order valence-corrected chi connectivity index (χ0v) is 20.1. The van der Waals surface area contributed by atoms with Crippen molar-refractivity contribution < 1.29 is 22.8 Å². The lowest BCUT2D eigenvalue weighted by Crippen LogP contribution is -2.53. The fourth-order valence-electron chi connectivity index (χ4n) is 4.00. The summed E-state index contributed by atoms with van der Waals surface area (Å²) in [5.74, 6) is -0.0382. The molecule has 202 valence electrons. The lowest BCUT2D eigenvalue weighted by Gasteiger charge is -2.38. The van der Waals surface area contributed by atoms with Gasteiger partial charge in [0.25, 0.3) is 5.91 Å². The molecule has 1 aromatic heterocycles. The highest BCUT2D eigenvalue weighted by Gasteiger charge is 2.31. The molecule has 2 heterocycles. The van der Waals surface area contributed by atoms with Gasteiger partial charge in [-0.05, 0) is 55.5 Å². The van der Waals surface area contributed by atoms with Crippen molar-refractivity contribution in [2.45, 2.75) is 26.6 Å². The van der Waals surface area contributed by atoms with Crippen LogP contribution in [0.3, 0.4) is 0 Å². The third-order valence-corrected chi connectivity index (χ3v) is 6.26. The lowest BCUT2D eigenvalue weighted by molar-refractivity contribution is -0.137. The van der Waals surface area contributed by atoms with Crippen molar-refractivity contribution in [3.63, 3.8) is 0 Å². The Bertz CT molecular complexity index is 1240. The van der Waals surface area contributed by atoms with E-state index in [0.29, 0.717) is 54.6 Å². The molecule has 0 spiro atoms. The van der Waals surface area contributed by atoms with Gasteiger partial charge in [-0.1, -0.05) is 19.6 Å². The Kier molecular flexibility index (Phi) is 8.95. The normalized spacial score (nSPS) is 14.8. The Balaban J connectivity index is 0.00000400. The zero-order chi connectivity index (χ0) is 26.6. The molecule has 3 aromatic rings. The lowest BCUT2D eigenvalue weighted by atomic mass is 10.1. The molecule has 0 bridgehead atoms. The summed E-state index contributed by atoms with van der Waals surface area (Å²) in [5.41, 5.74) is 7.04. The Morgan fingerprint density at radius 1 is 0.947 bits per heavy atom. The third-order valence-electron chi connectivity index (χ3n) is 6.26. The number of nitrogens with zero attached hydrogens (tertiary/aromatic N) is 3. The van der Waals surface area contributed by atoms with Crippen molar-refractivity contribution in [3.8, 4) is 0 Å². The summed E-state index contributed by atoms with van der Waals surface area (Å²) in [6, 6.07) is 15.5. The molecular weight excluding hydrogens is 497 g/mol. The first-order valence-corrected chi connectivity index (χ1v) is 11.7. The van der Waals surface area contributed by atoms with E-state index >= 15 is 0 Å². The number of nitrogen functional groups attached to an aromatic ring is 1. The van der Waals surface area contributed by atoms with Crippen molar-refractivity contribution in [2.24, 2.45) is 0 Å². The van der Waals surface area contributed by atoms with Crippen LogP contribution in [0.15, 0.2) is 66.9 Å². The zero-order valence-electron chi connectivity index (χ0n) is 20.1. The average molecular weight is 529 g/mol. The molecule has 4 N–H and O–H groups in total. The molecule has 1 aliphatic heterocycles. The molecule has 1 atom stereocenters. The molecule has 1 fully saturated rings. The van der Waals surface area contributed by atoms with Crippen molar-refractivity contribution in [1.29, 1.82) is 0 Å². The van der Waals surface area contributed by atoms with E-state index in [0.717, 1.165) is 12.3 Å². The summed E-state index contributed by atoms with van der Waals surface area (Å²) in [5, 5.41) is 5.62. The SMILES string of the molecule is C.CC(C(=O)Nc1ccc(C(=O)Nc2ccccc2N)cc1)N1CCN(c2ccc(C(F)(F)F)cn2)CC1. The standard InChI is InChI=1S/C26H27F3N6O2.CH4/c1-17(34-12-14-35(15-13-34)23-11-8-19(16-31-23)26(27,28)29)24(36)32-20-9-6-18(7-10-20)25(37)33-22-5-3-2-4-21(22)30;/h2-11,16-17H,12-15,30H2,1H3,(H,32,36)(H,33,37);1H4. The van der Waals surface area contributed by atoms with Crippen LogP contribution in [0.4, 0.5) is 36.1 Å². The molecule has 8 nitrogen and oxygen atoms in total. The van der Waals surface area contributed by atoms with Crippen LogP contribution >= 0.6 is 0 Å². The fraction of sp³-hybridized carbons (Fsp3) is 0.296. The van der Waals surface area contributed by atoms with Gasteiger partial charge >= 0.3 is 6.18 Å². The third kappa shape index (κ3) is 6.80. The number of hydrogen-bond donors (Lipinski definition) is 3. The first-order valence-electron chi connectivity index (χ1n) is 11.7. The molecule has 0 radical (unpaired) electrons. The number of halogens is 3. The van der Waals surface area contributed by atoms with Crippen LogP contribution in [0.2, 0.25) is 0 Å². The Morgan fingerprint density at radius 2 is 1.61 bits per heavy atom. The largest absolute Gasteiger partial charge is 0.417 e. The van der Waals surface area contributed by atoms with Crippen LogP contribution in [0, 0.1) is 0 Å². The maximum atomic E-state index is 12.8. The molecule has 4 rings (SSSR count). The molecule has 1 aliphatic rings. The fourth-order valence-corrected chi connectivity index (χ4v) is 4.00. The quantitative estimate of drug-likeness (QED) is 0.400. The Morgan fingerprint density at radius 3 is 2.18 bits per heavy atom. The first-order chi connectivity index (χ1) is 17.6. The Hall–Kier alpha value is -4.12. The number of anilines is 4. The molecule has 1 saturated heterocycles. The van der Waals surface area contributed by atoms with Gasteiger partial charge in [-0.15, -0.1) is 0 Å². The highest BCUT2D eigenvalue weighted by molar-refractivity contribution is 6.06. The van der Waals surface area contributed by atoms with Gasteiger partial charge in [0.15, 0.2) is 0 Å². The average Bonchev–Trinajstić information content (AvgIpc) is 2.89. The second-order valence-electron chi connectivity index (χ2n) is 8.71. The minimum Gasteiger partial charge on any atom is -0.397 e. The highest BCUT2D eigenvalue weighted by Crippen LogP contribution is 2.29.